The molecule has 3 aliphatic rings. The van der Waals surface area contributed by atoms with Gasteiger partial charge in [0.25, 0.3) is 0 Å². The second-order valence-corrected chi connectivity index (χ2v) is 10.1. The molecule has 1 saturated heterocycles. The molecule has 1 amide bonds. The molecule has 1 N–H and O–H groups in total. The maximum atomic E-state index is 13.5. The molecule has 0 radical (unpaired) electrons. The topological polar surface area (TPSA) is 80.2 Å². The highest BCUT2D eigenvalue weighted by Gasteiger charge is 2.42. The molecule has 7 nitrogen and oxygen atoms in total. The minimum atomic E-state index is -0.478. The van der Waals surface area contributed by atoms with E-state index in [1.807, 2.05) is 65.8 Å². The van der Waals surface area contributed by atoms with Crippen molar-refractivity contribution in [2.75, 3.05) is 19.8 Å². The molecular formula is C29H31N3O4S. The van der Waals surface area contributed by atoms with E-state index >= 15 is 0 Å². The van der Waals surface area contributed by atoms with Crippen LogP contribution < -0.4 is 5.32 Å². The van der Waals surface area contributed by atoms with Crippen LogP contribution in [0.3, 0.4) is 0 Å². The summed E-state index contributed by atoms with van der Waals surface area (Å²) in [6, 6.07) is 17.3. The van der Waals surface area contributed by atoms with Crippen molar-refractivity contribution < 1.29 is 19.1 Å². The SMILES string of the molecule is CCOC(=O)C1=C(c2ccccc2)N=C2SC=C(CC(=O)NC[C@@H]3CCCO3)N2[C@H]1c1cccc(C)c1. The lowest BCUT2D eigenvalue weighted by Gasteiger charge is -2.37. The number of benzene rings is 2. The van der Waals surface area contributed by atoms with Gasteiger partial charge >= 0.3 is 5.97 Å². The minimum absolute atomic E-state index is 0.0785. The summed E-state index contributed by atoms with van der Waals surface area (Å²) in [7, 11) is 0. The fourth-order valence-corrected chi connectivity index (χ4v) is 5.82. The second-order valence-electron chi connectivity index (χ2n) is 9.27. The van der Waals surface area contributed by atoms with E-state index in [9.17, 15) is 9.59 Å². The van der Waals surface area contributed by atoms with Crippen molar-refractivity contribution in [3.8, 4) is 0 Å². The quantitative estimate of drug-likeness (QED) is 0.499. The standard InChI is InChI=1S/C29H31N3O4S/c1-3-35-28(34)25-26(20-10-5-4-6-11-20)31-29-32(27(25)21-12-7-9-19(2)15-21)22(18-37-29)16-24(33)30-17-23-13-8-14-36-23/h4-7,9-12,15,18,23,27H,3,8,13-14,16-17H2,1-2H3,(H,30,33)/t23-,27-/m0/s1. The fourth-order valence-electron chi connectivity index (χ4n) is 4.90. The predicted octanol–water partition coefficient (Wildman–Crippen LogP) is 4.96. The minimum Gasteiger partial charge on any atom is -0.463 e. The monoisotopic (exact) mass is 517 g/mol. The number of hydrogen-bond donors (Lipinski definition) is 1. The largest absolute Gasteiger partial charge is 0.463 e. The molecule has 3 aliphatic heterocycles. The van der Waals surface area contributed by atoms with E-state index in [4.69, 9.17) is 14.5 Å². The van der Waals surface area contributed by atoms with Gasteiger partial charge in [-0.3, -0.25) is 4.79 Å². The summed E-state index contributed by atoms with van der Waals surface area (Å²) in [5.74, 6) is -0.489. The maximum absolute atomic E-state index is 13.5. The van der Waals surface area contributed by atoms with Crippen LogP contribution >= 0.6 is 11.8 Å². The maximum Gasteiger partial charge on any atom is 0.338 e. The number of aliphatic imine (C=N–C) groups is 1. The Bertz CT molecular complexity index is 1260. The molecule has 8 heteroatoms. The number of ether oxygens (including phenoxy) is 2. The van der Waals surface area contributed by atoms with Gasteiger partial charge in [0.1, 0.15) is 0 Å². The van der Waals surface area contributed by atoms with Crippen LogP contribution in [-0.2, 0) is 19.1 Å². The molecule has 0 unspecified atom stereocenters. The summed E-state index contributed by atoms with van der Waals surface area (Å²) in [6.45, 7) is 5.34. The van der Waals surface area contributed by atoms with Crippen LogP contribution in [0.15, 0.2) is 76.3 Å². The lowest BCUT2D eigenvalue weighted by Crippen LogP contribution is -2.39. The Morgan fingerprint density at radius 1 is 1.19 bits per heavy atom. The lowest BCUT2D eigenvalue weighted by atomic mass is 9.90. The molecule has 0 saturated carbocycles. The lowest BCUT2D eigenvalue weighted by molar-refractivity contribution is -0.139. The summed E-state index contributed by atoms with van der Waals surface area (Å²) in [4.78, 5) is 33.4. The molecule has 1 fully saturated rings. The van der Waals surface area contributed by atoms with Gasteiger partial charge in [-0.2, -0.15) is 0 Å². The van der Waals surface area contributed by atoms with Crippen molar-refractivity contribution >= 4 is 34.5 Å². The fraction of sp³-hybridized carbons (Fsp3) is 0.345. The zero-order valence-corrected chi connectivity index (χ0v) is 21.9. The van der Waals surface area contributed by atoms with Crippen molar-refractivity contribution in [2.45, 2.75) is 45.3 Å². The number of rotatable bonds is 8. The van der Waals surface area contributed by atoms with Gasteiger partial charge in [0.2, 0.25) is 5.91 Å². The first kappa shape index (κ1) is 25.3. The Morgan fingerprint density at radius 2 is 2.03 bits per heavy atom. The van der Waals surface area contributed by atoms with Crippen LogP contribution in [0.2, 0.25) is 0 Å². The number of thioether (sulfide) groups is 1. The van der Waals surface area contributed by atoms with E-state index in [-0.39, 0.29) is 25.0 Å². The third-order valence-electron chi connectivity index (χ3n) is 6.60. The van der Waals surface area contributed by atoms with Gasteiger partial charge in [0.15, 0.2) is 5.17 Å². The number of nitrogens with one attached hydrogen (secondary N) is 1. The summed E-state index contributed by atoms with van der Waals surface area (Å²) in [5.41, 5.74) is 4.74. The van der Waals surface area contributed by atoms with Gasteiger partial charge in [-0.05, 0) is 37.7 Å². The summed E-state index contributed by atoms with van der Waals surface area (Å²) < 4.78 is 11.2. The second kappa shape index (κ2) is 11.4. The Labute approximate surface area is 221 Å². The molecule has 0 spiro atoms. The summed E-state index contributed by atoms with van der Waals surface area (Å²) in [5, 5.41) is 5.71. The van der Waals surface area contributed by atoms with E-state index in [0.717, 1.165) is 47.0 Å². The van der Waals surface area contributed by atoms with Crippen LogP contribution in [0.5, 0.6) is 0 Å². The summed E-state index contributed by atoms with van der Waals surface area (Å²) in [6.07, 6.45) is 2.25. The Morgan fingerprint density at radius 3 is 2.76 bits per heavy atom. The number of esters is 1. The van der Waals surface area contributed by atoms with Gasteiger partial charge in [0.05, 0.1) is 36.4 Å². The van der Waals surface area contributed by atoms with E-state index < -0.39 is 12.0 Å². The average Bonchev–Trinajstić information content (AvgIpc) is 3.57. The molecule has 3 heterocycles. The van der Waals surface area contributed by atoms with Crippen LogP contribution in [0, 0.1) is 6.92 Å². The number of nitrogens with zero attached hydrogens (tertiary/aromatic N) is 2. The van der Waals surface area contributed by atoms with Gasteiger partial charge in [-0.15, -0.1) is 0 Å². The van der Waals surface area contributed by atoms with Crippen LogP contribution in [0.25, 0.3) is 5.70 Å². The van der Waals surface area contributed by atoms with Crippen molar-refractivity contribution in [3.05, 3.63) is 88.0 Å². The van der Waals surface area contributed by atoms with Crippen molar-refractivity contribution in [3.63, 3.8) is 0 Å². The first-order valence-corrected chi connectivity index (χ1v) is 13.6. The third-order valence-corrected chi connectivity index (χ3v) is 7.49. The average molecular weight is 518 g/mol. The molecule has 5 rings (SSSR count). The van der Waals surface area contributed by atoms with E-state index in [2.05, 4.69) is 11.4 Å². The number of carbonyl (C=O) groups excluding carboxylic acids is 2. The van der Waals surface area contributed by atoms with Crippen LogP contribution in [-0.4, -0.2) is 47.8 Å². The zero-order valence-electron chi connectivity index (χ0n) is 21.1. The molecule has 0 aromatic heterocycles. The van der Waals surface area contributed by atoms with E-state index in [0.29, 0.717) is 17.8 Å². The van der Waals surface area contributed by atoms with Gasteiger partial charge in [0, 0.05) is 24.4 Å². The molecular weight excluding hydrogens is 486 g/mol. The molecule has 192 valence electrons. The first-order chi connectivity index (χ1) is 18.0. The van der Waals surface area contributed by atoms with E-state index in [1.54, 1.807) is 6.92 Å². The van der Waals surface area contributed by atoms with Crippen LogP contribution in [0.4, 0.5) is 0 Å². The number of carbonyl (C=O) groups is 2. The molecule has 2 aromatic rings. The highest BCUT2D eigenvalue weighted by Crippen LogP contribution is 2.47. The van der Waals surface area contributed by atoms with Crippen molar-refractivity contribution in [1.29, 1.82) is 0 Å². The molecule has 2 aromatic carbocycles. The highest BCUT2D eigenvalue weighted by atomic mass is 32.2. The Kier molecular flexibility index (Phi) is 7.76. The Hall–Kier alpha value is -3.36. The summed E-state index contributed by atoms with van der Waals surface area (Å²) >= 11 is 1.47. The van der Waals surface area contributed by atoms with Gasteiger partial charge in [-0.25, -0.2) is 9.79 Å². The normalized spacial score (nSPS) is 20.9. The van der Waals surface area contributed by atoms with E-state index in [1.165, 1.54) is 11.8 Å². The highest BCUT2D eigenvalue weighted by molar-refractivity contribution is 8.16. The van der Waals surface area contributed by atoms with Gasteiger partial charge < -0.3 is 19.7 Å². The van der Waals surface area contributed by atoms with Crippen molar-refractivity contribution in [2.24, 2.45) is 4.99 Å². The molecule has 0 aliphatic carbocycles. The zero-order chi connectivity index (χ0) is 25.8. The van der Waals surface area contributed by atoms with Crippen molar-refractivity contribution in [1.82, 2.24) is 10.2 Å². The number of fused-ring (bicyclic) bond motifs is 1. The first-order valence-electron chi connectivity index (χ1n) is 12.7. The number of hydrogen-bond acceptors (Lipinski definition) is 7. The molecule has 0 bridgehead atoms. The smallest absolute Gasteiger partial charge is 0.338 e. The molecule has 37 heavy (non-hydrogen) atoms. The third kappa shape index (κ3) is 5.50. The number of aryl methyl sites for hydroxylation is 1. The molecule has 2 atom stereocenters. The Balaban J connectivity index is 1.53. The number of amides is 1. The van der Waals surface area contributed by atoms with Crippen LogP contribution in [0.1, 0.15) is 48.9 Å². The predicted molar refractivity (Wildman–Crippen MR) is 145 cm³/mol. The van der Waals surface area contributed by atoms with Gasteiger partial charge in [-0.1, -0.05) is 71.9 Å². The number of amidine groups is 1.